The van der Waals surface area contributed by atoms with Gasteiger partial charge in [0.1, 0.15) is 18.3 Å². The first-order valence-electron chi connectivity index (χ1n) is 8.59. The first kappa shape index (κ1) is 21.3. The summed E-state index contributed by atoms with van der Waals surface area (Å²) >= 11 is 0. The SMILES string of the molecule is CCCCCCCC(=O)O[C@H](C1OCCO1)[C@@H](O)[C@H](O)[C@H](O)CO. The molecule has 4 N–H and O–H groups in total. The number of aliphatic hydroxyl groups is 4. The zero-order valence-corrected chi connectivity index (χ0v) is 14.2. The lowest BCUT2D eigenvalue weighted by molar-refractivity contribution is -0.210. The molecular formula is C16H30O8. The maximum atomic E-state index is 12.0. The third kappa shape index (κ3) is 7.00. The van der Waals surface area contributed by atoms with Crippen molar-refractivity contribution in [2.24, 2.45) is 0 Å². The fourth-order valence-electron chi connectivity index (χ4n) is 2.47. The maximum Gasteiger partial charge on any atom is 0.306 e. The number of carbonyl (C=O) groups excluding carboxylic acids is 1. The first-order valence-corrected chi connectivity index (χ1v) is 8.59. The van der Waals surface area contributed by atoms with Gasteiger partial charge in [0.2, 0.25) is 0 Å². The van der Waals surface area contributed by atoms with Crippen LogP contribution >= 0.6 is 0 Å². The van der Waals surface area contributed by atoms with E-state index < -0.39 is 43.3 Å². The second-order valence-electron chi connectivity index (χ2n) is 5.96. The van der Waals surface area contributed by atoms with Crippen LogP contribution in [0.5, 0.6) is 0 Å². The molecule has 1 heterocycles. The van der Waals surface area contributed by atoms with Gasteiger partial charge < -0.3 is 34.6 Å². The number of ether oxygens (including phenoxy) is 3. The Morgan fingerprint density at radius 3 is 2.29 bits per heavy atom. The molecule has 0 radical (unpaired) electrons. The van der Waals surface area contributed by atoms with Crippen molar-refractivity contribution in [3.63, 3.8) is 0 Å². The van der Waals surface area contributed by atoms with Crippen molar-refractivity contribution in [3.8, 4) is 0 Å². The largest absolute Gasteiger partial charge is 0.454 e. The van der Waals surface area contributed by atoms with Gasteiger partial charge in [-0.15, -0.1) is 0 Å². The number of carbonyl (C=O) groups is 1. The zero-order chi connectivity index (χ0) is 17.9. The molecule has 0 aromatic carbocycles. The van der Waals surface area contributed by atoms with Crippen LogP contribution in [0.25, 0.3) is 0 Å². The molecule has 0 spiro atoms. The molecule has 24 heavy (non-hydrogen) atoms. The molecule has 1 aliphatic rings. The summed E-state index contributed by atoms with van der Waals surface area (Å²) in [5, 5.41) is 38.4. The Labute approximate surface area is 142 Å². The van der Waals surface area contributed by atoms with Crippen molar-refractivity contribution in [1.82, 2.24) is 0 Å². The van der Waals surface area contributed by atoms with Crippen LogP contribution in [0.4, 0.5) is 0 Å². The summed E-state index contributed by atoms with van der Waals surface area (Å²) in [6.45, 7) is 1.93. The smallest absolute Gasteiger partial charge is 0.306 e. The molecule has 1 rings (SSSR count). The molecule has 0 aromatic heterocycles. The van der Waals surface area contributed by atoms with Crippen LogP contribution in [-0.2, 0) is 19.0 Å². The highest BCUT2D eigenvalue weighted by Crippen LogP contribution is 2.20. The molecule has 0 aromatic rings. The van der Waals surface area contributed by atoms with Crippen LogP contribution in [0, 0.1) is 0 Å². The summed E-state index contributed by atoms with van der Waals surface area (Å²) in [4.78, 5) is 12.0. The third-order valence-electron chi connectivity index (χ3n) is 3.94. The highest BCUT2D eigenvalue weighted by atomic mass is 16.7. The van der Waals surface area contributed by atoms with E-state index in [1.54, 1.807) is 0 Å². The molecule has 0 aliphatic carbocycles. The molecule has 4 atom stereocenters. The quantitative estimate of drug-likeness (QED) is 0.279. The van der Waals surface area contributed by atoms with E-state index in [9.17, 15) is 20.1 Å². The topological polar surface area (TPSA) is 126 Å². The molecular weight excluding hydrogens is 320 g/mol. The number of aliphatic hydroxyl groups excluding tert-OH is 4. The fraction of sp³-hybridized carbons (Fsp3) is 0.938. The van der Waals surface area contributed by atoms with Gasteiger partial charge in [0.25, 0.3) is 0 Å². The molecule has 0 bridgehead atoms. The number of esters is 1. The van der Waals surface area contributed by atoms with Crippen molar-refractivity contribution < 1.29 is 39.4 Å². The lowest BCUT2D eigenvalue weighted by atomic mass is 10.0. The van der Waals surface area contributed by atoms with Crippen LogP contribution in [0.1, 0.15) is 45.4 Å². The summed E-state index contributed by atoms with van der Waals surface area (Å²) in [5.74, 6) is -0.527. The lowest BCUT2D eigenvalue weighted by Crippen LogP contribution is -2.52. The van der Waals surface area contributed by atoms with E-state index in [2.05, 4.69) is 6.92 Å². The standard InChI is InChI=1S/C16H30O8/c1-2-3-4-5-6-7-12(19)24-15(16-22-8-9-23-16)14(21)13(20)11(18)10-17/h11,13-18,20-21H,2-10H2,1H3/t11-,13-,14+,15+/m1/s1. The average Bonchev–Trinajstić information content (AvgIpc) is 3.11. The highest BCUT2D eigenvalue weighted by molar-refractivity contribution is 5.69. The van der Waals surface area contributed by atoms with Crippen molar-refractivity contribution >= 4 is 5.97 Å². The number of unbranched alkanes of at least 4 members (excludes halogenated alkanes) is 4. The van der Waals surface area contributed by atoms with Crippen LogP contribution in [0.15, 0.2) is 0 Å². The van der Waals surface area contributed by atoms with E-state index in [1.165, 1.54) is 0 Å². The number of rotatable bonds is 12. The van der Waals surface area contributed by atoms with Crippen LogP contribution in [0.2, 0.25) is 0 Å². The molecule has 8 heteroatoms. The molecule has 1 fully saturated rings. The van der Waals surface area contributed by atoms with Gasteiger partial charge in [0, 0.05) is 6.42 Å². The average molecular weight is 350 g/mol. The number of hydrogen-bond donors (Lipinski definition) is 4. The molecule has 1 saturated heterocycles. The molecule has 142 valence electrons. The lowest BCUT2D eigenvalue weighted by Gasteiger charge is -2.31. The van der Waals surface area contributed by atoms with E-state index in [0.717, 1.165) is 25.7 Å². The van der Waals surface area contributed by atoms with Gasteiger partial charge in [-0.2, -0.15) is 0 Å². The summed E-state index contributed by atoms with van der Waals surface area (Å²) in [7, 11) is 0. The predicted molar refractivity (Wildman–Crippen MR) is 84.1 cm³/mol. The van der Waals surface area contributed by atoms with Crippen molar-refractivity contribution in [1.29, 1.82) is 0 Å². The monoisotopic (exact) mass is 350 g/mol. The Kier molecular flexibility index (Phi) is 10.4. The second kappa shape index (κ2) is 11.7. The third-order valence-corrected chi connectivity index (χ3v) is 3.94. The Balaban J connectivity index is 2.54. The minimum Gasteiger partial charge on any atom is -0.454 e. The normalized spacial score (nSPS) is 20.5. The Hall–Kier alpha value is -0.770. The Morgan fingerprint density at radius 2 is 1.71 bits per heavy atom. The van der Waals surface area contributed by atoms with Gasteiger partial charge in [0.15, 0.2) is 12.4 Å². The maximum absolute atomic E-state index is 12.0. The zero-order valence-electron chi connectivity index (χ0n) is 14.2. The Bertz CT molecular complexity index is 345. The molecule has 8 nitrogen and oxygen atoms in total. The molecule has 1 aliphatic heterocycles. The summed E-state index contributed by atoms with van der Waals surface area (Å²) in [5.41, 5.74) is 0. The summed E-state index contributed by atoms with van der Waals surface area (Å²) in [6.07, 6.45) is -2.11. The van der Waals surface area contributed by atoms with E-state index in [-0.39, 0.29) is 19.6 Å². The molecule has 0 saturated carbocycles. The predicted octanol–water partition coefficient (Wildman–Crippen LogP) is -0.293. The second-order valence-corrected chi connectivity index (χ2v) is 5.96. The van der Waals surface area contributed by atoms with Gasteiger partial charge >= 0.3 is 5.97 Å². The number of hydrogen-bond acceptors (Lipinski definition) is 8. The van der Waals surface area contributed by atoms with Crippen molar-refractivity contribution in [2.45, 2.75) is 76.2 Å². The minimum atomic E-state index is -1.69. The summed E-state index contributed by atoms with van der Waals surface area (Å²) in [6, 6.07) is 0. The van der Waals surface area contributed by atoms with Crippen molar-refractivity contribution in [3.05, 3.63) is 0 Å². The first-order chi connectivity index (χ1) is 11.5. The van der Waals surface area contributed by atoms with Gasteiger partial charge in [-0.05, 0) is 6.42 Å². The van der Waals surface area contributed by atoms with Crippen LogP contribution in [0.3, 0.4) is 0 Å². The molecule has 0 amide bonds. The highest BCUT2D eigenvalue weighted by Gasteiger charge is 2.41. The van der Waals surface area contributed by atoms with Gasteiger partial charge in [-0.1, -0.05) is 32.6 Å². The minimum absolute atomic E-state index is 0.193. The van der Waals surface area contributed by atoms with E-state index in [1.807, 2.05) is 0 Å². The Morgan fingerprint density at radius 1 is 1.08 bits per heavy atom. The van der Waals surface area contributed by atoms with Gasteiger partial charge in [-0.25, -0.2) is 0 Å². The van der Waals surface area contributed by atoms with E-state index in [0.29, 0.717) is 6.42 Å². The summed E-state index contributed by atoms with van der Waals surface area (Å²) < 4.78 is 15.7. The fourth-order valence-corrected chi connectivity index (χ4v) is 2.47. The van der Waals surface area contributed by atoms with Gasteiger partial charge in [-0.3, -0.25) is 4.79 Å². The van der Waals surface area contributed by atoms with Crippen LogP contribution in [-0.4, -0.2) is 76.9 Å². The van der Waals surface area contributed by atoms with E-state index >= 15 is 0 Å². The molecule has 0 unspecified atom stereocenters. The van der Waals surface area contributed by atoms with Crippen molar-refractivity contribution in [2.75, 3.05) is 19.8 Å². The van der Waals surface area contributed by atoms with Gasteiger partial charge in [0.05, 0.1) is 19.8 Å². The van der Waals surface area contributed by atoms with Crippen LogP contribution < -0.4 is 0 Å². The van der Waals surface area contributed by atoms with E-state index in [4.69, 9.17) is 19.3 Å².